The number of hydrogen-bond donors (Lipinski definition) is 0. The number of aromatic nitrogens is 2. The van der Waals surface area contributed by atoms with Gasteiger partial charge in [0.25, 0.3) is 0 Å². The van der Waals surface area contributed by atoms with Crippen LogP contribution >= 0.6 is 0 Å². The first kappa shape index (κ1) is 29.4. The van der Waals surface area contributed by atoms with Gasteiger partial charge < -0.3 is 0 Å². The van der Waals surface area contributed by atoms with Gasteiger partial charge in [-0.05, 0) is 108 Å². The van der Waals surface area contributed by atoms with Gasteiger partial charge >= 0.3 is 0 Å². The topological polar surface area (TPSA) is 17.8 Å². The number of aryl methyl sites for hydroxylation is 1. The molecule has 2 nitrogen and oxygen atoms in total. The molecule has 0 bridgehead atoms. The standard InChI is InChI=1S/C49H34N2/c1-2-45-50-43-24-9-10-25-44(43)51(45)38-21-11-20-37(30-38)32-26-28-34(29-27-32)41-31-42(33-14-5-3-6-15-33)48-39-22-12-18-35-19-13-23-40(46(35)39)49(48)47(41)36-16-7-4-8-17-36/h3-31H,2H2,1H3. The van der Waals surface area contributed by atoms with Gasteiger partial charge in [-0.25, -0.2) is 4.98 Å². The van der Waals surface area contributed by atoms with E-state index in [2.05, 4.69) is 187 Å². The van der Waals surface area contributed by atoms with Crippen LogP contribution in [0.1, 0.15) is 12.7 Å². The Hall–Kier alpha value is -6.51. The number of hydrogen-bond acceptors (Lipinski definition) is 1. The van der Waals surface area contributed by atoms with Crippen molar-refractivity contribution in [3.8, 4) is 72.4 Å². The Morgan fingerprint density at radius 2 is 1.02 bits per heavy atom. The van der Waals surface area contributed by atoms with Crippen LogP contribution in [-0.2, 0) is 6.42 Å². The molecule has 0 unspecified atom stereocenters. The summed E-state index contributed by atoms with van der Waals surface area (Å²) in [5.41, 5.74) is 18.4. The highest BCUT2D eigenvalue weighted by Crippen LogP contribution is 2.57. The molecule has 0 N–H and O–H groups in total. The van der Waals surface area contributed by atoms with E-state index in [9.17, 15) is 0 Å². The highest BCUT2D eigenvalue weighted by Gasteiger charge is 2.30. The average molecular weight is 651 g/mol. The molecule has 2 heteroatoms. The lowest BCUT2D eigenvalue weighted by Crippen LogP contribution is -2.00. The van der Waals surface area contributed by atoms with E-state index < -0.39 is 0 Å². The number of nitrogens with zero attached hydrogens (tertiary/aromatic N) is 2. The van der Waals surface area contributed by atoms with Crippen molar-refractivity contribution >= 4 is 21.8 Å². The van der Waals surface area contributed by atoms with Gasteiger partial charge in [-0.3, -0.25) is 4.57 Å². The highest BCUT2D eigenvalue weighted by molar-refractivity contribution is 6.22. The Kier molecular flexibility index (Phi) is 6.82. The van der Waals surface area contributed by atoms with Gasteiger partial charge in [0.15, 0.2) is 0 Å². The molecular weight excluding hydrogens is 617 g/mol. The SMILES string of the molecule is CCc1nc2ccccc2n1-c1cccc(-c2ccc(-c3cc(-c4ccccc4)c4c(c3-c3ccccc3)-c3cccc5cccc-4c35)cc2)c1. The predicted octanol–water partition coefficient (Wildman–Crippen LogP) is 13.1. The van der Waals surface area contributed by atoms with Crippen LogP contribution in [0.2, 0.25) is 0 Å². The summed E-state index contributed by atoms with van der Waals surface area (Å²) in [6, 6.07) is 64.2. The Morgan fingerprint density at radius 1 is 0.431 bits per heavy atom. The molecule has 0 spiro atoms. The Morgan fingerprint density at radius 3 is 1.76 bits per heavy atom. The zero-order valence-corrected chi connectivity index (χ0v) is 28.3. The first-order valence-corrected chi connectivity index (χ1v) is 17.8. The molecule has 1 aliphatic carbocycles. The summed E-state index contributed by atoms with van der Waals surface area (Å²) in [5, 5.41) is 2.62. The van der Waals surface area contributed by atoms with Crippen molar-refractivity contribution in [1.29, 1.82) is 0 Å². The molecule has 9 aromatic rings. The normalized spacial score (nSPS) is 11.7. The van der Waals surface area contributed by atoms with Crippen LogP contribution in [0.25, 0.3) is 94.3 Å². The Balaban J connectivity index is 1.17. The van der Waals surface area contributed by atoms with Gasteiger partial charge in [0.2, 0.25) is 0 Å². The number of para-hydroxylation sites is 2. The van der Waals surface area contributed by atoms with Crippen LogP contribution in [-0.4, -0.2) is 9.55 Å². The van der Waals surface area contributed by atoms with E-state index in [-0.39, 0.29) is 0 Å². The fourth-order valence-corrected chi connectivity index (χ4v) is 8.24. The van der Waals surface area contributed by atoms with Crippen molar-refractivity contribution in [2.24, 2.45) is 0 Å². The van der Waals surface area contributed by atoms with Gasteiger partial charge in [-0.15, -0.1) is 0 Å². The average Bonchev–Trinajstić information content (AvgIpc) is 3.75. The number of imidazole rings is 1. The molecule has 240 valence electrons. The number of fused-ring (bicyclic) bond motifs is 4. The lowest BCUT2D eigenvalue weighted by molar-refractivity contribution is 0.908. The van der Waals surface area contributed by atoms with Crippen LogP contribution in [0.5, 0.6) is 0 Å². The lowest BCUT2D eigenvalue weighted by atomic mass is 9.82. The largest absolute Gasteiger partial charge is 0.296 e. The quantitative estimate of drug-likeness (QED) is 0.175. The highest BCUT2D eigenvalue weighted by atomic mass is 15.1. The molecule has 0 radical (unpaired) electrons. The fraction of sp³-hybridized carbons (Fsp3) is 0.0408. The van der Waals surface area contributed by atoms with Crippen molar-refractivity contribution in [3.63, 3.8) is 0 Å². The molecular formula is C49H34N2. The second-order valence-electron chi connectivity index (χ2n) is 13.4. The van der Waals surface area contributed by atoms with Crippen LogP contribution < -0.4 is 0 Å². The number of benzene rings is 8. The van der Waals surface area contributed by atoms with Crippen LogP contribution in [0, 0.1) is 0 Å². The van der Waals surface area contributed by atoms with Crippen molar-refractivity contribution in [3.05, 3.63) is 182 Å². The monoisotopic (exact) mass is 650 g/mol. The molecule has 1 heterocycles. The molecule has 1 aromatic heterocycles. The minimum Gasteiger partial charge on any atom is -0.296 e. The van der Waals surface area contributed by atoms with E-state index in [1.165, 1.54) is 77.5 Å². The molecule has 1 aliphatic rings. The van der Waals surface area contributed by atoms with E-state index in [1.807, 2.05) is 0 Å². The second-order valence-corrected chi connectivity index (χ2v) is 13.4. The van der Waals surface area contributed by atoms with E-state index >= 15 is 0 Å². The Labute approximate surface area is 298 Å². The molecule has 0 aliphatic heterocycles. The van der Waals surface area contributed by atoms with E-state index in [0.29, 0.717) is 0 Å². The molecule has 0 amide bonds. The lowest BCUT2D eigenvalue weighted by Gasteiger charge is -2.21. The summed E-state index contributed by atoms with van der Waals surface area (Å²) in [6.45, 7) is 2.17. The van der Waals surface area contributed by atoms with Crippen LogP contribution in [0.4, 0.5) is 0 Å². The zero-order chi connectivity index (χ0) is 33.9. The third-order valence-corrected chi connectivity index (χ3v) is 10.5. The second kappa shape index (κ2) is 11.8. The number of rotatable bonds is 6. The van der Waals surface area contributed by atoms with Gasteiger partial charge in [0.1, 0.15) is 5.82 Å². The van der Waals surface area contributed by atoms with Crippen molar-refractivity contribution in [2.45, 2.75) is 13.3 Å². The van der Waals surface area contributed by atoms with E-state index in [4.69, 9.17) is 4.98 Å². The van der Waals surface area contributed by atoms with Gasteiger partial charge in [-0.2, -0.15) is 0 Å². The molecule has 10 rings (SSSR count). The van der Waals surface area contributed by atoms with Crippen LogP contribution in [0.15, 0.2) is 176 Å². The van der Waals surface area contributed by atoms with Crippen molar-refractivity contribution in [1.82, 2.24) is 9.55 Å². The maximum atomic E-state index is 4.93. The van der Waals surface area contributed by atoms with E-state index in [0.717, 1.165) is 29.0 Å². The third kappa shape index (κ3) is 4.68. The summed E-state index contributed by atoms with van der Waals surface area (Å²) in [5.74, 6) is 1.07. The maximum absolute atomic E-state index is 4.93. The maximum Gasteiger partial charge on any atom is 0.114 e. The predicted molar refractivity (Wildman–Crippen MR) is 214 cm³/mol. The smallest absolute Gasteiger partial charge is 0.114 e. The summed E-state index contributed by atoms with van der Waals surface area (Å²) >= 11 is 0. The Bertz CT molecular complexity index is 2750. The van der Waals surface area contributed by atoms with Gasteiger partial charge in [-0.1, -0.05) is 153 Å². The van der Waals surface area contributed by atoms with Crippen molar-refractivity contribution < 1.29 is 0 Å². The van der Waals surface area contributed by atoms with Gasteiger partial charge in [0, 0.05) is 12.1 Å². The zero-order valence-electron chi connectivity index (χ0n) is 28.3. The molecule has 0 atom stereocenters. The molecule has 51 heavy (non-hydrogen) atoms. The van der Waals surface area contributed by atoms with Crippen LogP contribution in [0.3, 0.4) is 0 Å². The molecule has 0 saturated carbocycles. The first-order chi connectivity index (χ1) is 25.3. The minimum absolute atomic E-state index is 0.864. The summed E-state index contributed by atoms with van der Waals surface area (Å²) < 4.78 is 2.30. The summed E-state index contributed by atoms with van der Waals surface area (Å²) in [4.78, 5) is 4.93. The third-order valence-electron chi connectivity index (χ3n) is 10.5. The minimum atomic E-state index is 0.864. The summed E-state index contributed by atoms with van der Waals surface area (Å²) in [7, 11) is 0. The van der Waals surface area contributed by atoms with Gasteiger partial charge in [0.05, 0.1) is 11.0 Å². The molecule has 8 aromatic carbocycles. The summed E-state index contributed by atoms with van der Waals surface area (Å²) in [6.07, 6.45) is 0.864. The van der Waals surface area contributed by atoms with Crippen molar-refractivity contribution in [2.75, 3.05) is 0 Å². The molecule has 0 saturated heterocycles. The first-order valence-electron chi connectivity index (χ1n) is 17.8. The van der Waals surface area contributed by atoms with E-state index in [1.54, 1.807) is 0 Å². The molecule has 0 fully saturated rings. The fourth-order valence-electron chi connectivity index (χ4n) is 8.24.